The summed E-state index contributed by atoms with van der Waals surface area (Å²) >= 11 is 0. The first kappa shape index (κ1) is 24.4. The number of carbonyl (C=O) groups excluding carboxylic acids is 2. The molecule has 0 aromatic heterocycles. The fraction of sp³-hybridized carbons (Fsp3) is 0.391. The van der Waals surface area contributed by atoms with Gasteiger partial charge in [-0.1, -0.05) is 12.1 Å². The molecule has 1 saturated heterocycles. The van der Waals surface area contributed by atoms with Crippen LogP contribution in [0.2, 0.25) is 0 Å². The zero-order chi connectivity index (χ0) is 23.8. The Labute approximate surface area is 190 Å². The van der Waals surface area contributed by atoms with Crippen molar-refractivity contribution < 1.29 is 32.2 Å². The Morgan fingerprint density at radius 2 is 1.55 bits per heavy atom. The molecule has 0 aliphatic carbocycles. The number of nitrogens with zero attached hydrogens (tertiary/aromatic N) is 2. The number of halogens is 3. The fourth-order valence-electron chi connectivity index (χ4n) is 3.50. The Hall–Kier alpha value is -3.27. The second kappa shape index (κ2) is 11.0. The van der Waals surface area contributed by atoms with E-state index in [9.17, 15) is 22.8 Å². The first-order valence-corrected chi connectivity index (χ1v) is 10.5. The number of carbonyl (C=O) groups is 2. The molecule has 7 nitrogen and oxygen atoms in total. The predicted octanol–water partition coefficient (Wildman–Crippen LogP) is 3.31. The van der Waals surface area contributed by atoms with E-state index in [-0.39, 0.29) is 24.1 Å². The third kappa shape index (κ3) is 7.98. The SMILES string of the molecule is COc1ccc(CCC(=O)N2CCN(CC(=O)Nc3ccc(OC(F)(F)F)cc3)CC2)cc1. The summed E-state index contributed by atoms with van der Waals surface area (Å²) < 4.78 is 45.6. The number of nitrogens with one attached hydrogen (secondary N) is 1. The van der Waals surface area contributed by atoms with Crippen LogP contribution in [0.15, 0.2) is 48.5 Å². The smallest absolute Gasteiger partial charge is 0.497 e. The van der Waals surface area contributed by atoms with Gasteiger partial charge in [-0.25, -0.2) is 0 Å². The third-order valence-electron chi connectivity index (χ3n) is 5.25. The van der Waals surface area contributed by atoms with Gasteiger partial charge in [-0.15, -0.1) is 13.2 Å². The van der Waals surface area contributed by atoms with E-state index in [1.807, 2.05) is 29.2 Å². The van der Waals surface area contributed by atoms with Gasteiger partial charge in [0.15, 0.2) is 0 Å². The van der Waals surface area contributed by atoms with Gasteiger partial charge in [-0.05, 0) is 48.4 Å². The molecule has 2 aromatic carbocycles. The van der Waals surface area contributed by atoms with Crippen molar-refractivity contribution in [1.29, 1.82) is 0 Å². The molecule has 10 heteroatoms. The minimum absolute atomic E-state index is 0.0797. The topological polar surface area (TPSA) is 71.1 Å². The number of hydrogen-bond acceptors (Lipinski definition) is 5. The summed E-state index contributed by atoms with van der Waals surface area (Å²) in [5.41, 5.74) is 1.44. The summed E-state index contributed by atoms with van der Waals surface area (Å²) in [6.45, 7) is 2.35. The van der Waals surface area contributed by atoms with Gasteiger partial charge in [0.25, 0.3) is 0 Å². The first-order valence-electron chi connectivity index (χ1n) is 10.5. The zero-order valence-electron chi connectivity index (χ0n) is 18.2. The molecule has 2 aromatic rings. The highest BCUT2D eigenvalue weighted by Gasteiger charge is 2.31. The molecular weight excluding hydrogens is 439 g/mol. The molecule has 0 bridgehead atoms. The van der Waals surface area contributed by atoms with Crippen molar-refractivity contribution in [3.05, 3.63) is 54.1 Å². The molecule has 1 aliphatic heterocycles. The van der Waals surface area contributed by atoms with Crippen LogP contribution >= 0.6 is 0 Å². The second-order valence-corrected chi connectivity index (χ2v) is 7.63. The summed E-state index contributed by atoms with van der Waals surface area (Å²) in [7, 11) is 1.61. The van der Waals surface area contributed by atoms with Crippen LogP contribution in [-0.4, -0.2) is 67.8 Å². The Bertz CT molecular complexity index is 925. The molecule has 0 atom stereocenters. The van der Waals surface area contributed by atoms with E-state index in [1.54, 1.807) is 12.0 Å². The van der Waals surface area contributed by atoms with Crippen LogP contribution in [-0.2, 0) is 16.0 Å². The van der Waals surface area contributed by atoms with E-state index >= 15 is 0 Å². The summed E-state index contributed by atoms with van der Waals surface area (Å²) in [4.78, 5) is 28.5. The first-order chi connectivity index (χ1) is 15.7. The van der Waals surface area contributed by atoms with Gasteiger partial charge in [0.05, 0.1) is 13.7 Å². The quantitative estimate of drug-likeness (QED) is 0.648. The van der Waals surface area contributed by atoms with Gasteiger partial charge >= 0.3 is 6.36 Å². The van der Waals surface area contributed by atoms with Gasteiger partial charge in [0, 0.05) is 38.3 Å². The van der Waals surface area contributed by atoms with Crippen molar-refractivity contribution in [2.75, 3.05) is 45.2 Å². The van der Waals surface area contributed by atoms with Crippen molar-refractivity contribution in [3.8, 4) is 11.5 Å². The monoisotopic (exact) mass is 465 g/mol. The van der Waals surface area contributed by atoms with Gasteiger partial charge in [0.1, 0.15) is 11.5 Å². The molecule has 1 N–H and O–H groups in total. The number of alkyl halides is 3. The van der Waals surface area contributed by atoms with Crippen LogP contribution in [0.5, 0.6) is 11.5 Å². The van der Waals surface area contributed by atoms with E-state index in [0.717, 1.165) is 23.4 Å². The number of ether oxygens (including phenoxy) is 2. The van der Waals surface area contributed by atoms with Crippen molar-refractivity contribution in [2.45, 2.75) is 19.2 Å². The predicted molar refractivity (Wildman–Crippen MR) is 116 cm³/mol. The van der Waals surface area contributed by atoms with Gasteiger partial charge in [-0.2, -0.15) is 0 Å². The van der Waals surface area contributed by atoms with Crippen LogP contribution in [0.3, 0.4) is 0 Å². The molecule has 33 heavy (non-hydrogen) atoms. The third-order valence-corrected chi connectivity index (χ3v) is 5.25. The zero-order valence-corrected chi connectivity index (χ0v) is 18.2. The van der Waals surface area contributed by atoms with Crippen molar-refractivity contribution in [3.63, 3.8) is 0 Å². The molecule has 1 aliphatic rings. The summed E-state index contributed by atoms with van der Waals surface area (Å²) in [6.07, 6.45) is -3.69. The molecule has 0 unspecified atom stereocenters. The summed E-state index contributed by atoms with van der Waals surface area (Å²) in [6, 6.07) is 12.6. The molecule has 0 saturated carbocycles. The van der Waals surface area contributed by atoms with Crippen molar-refractivity contribution >= 4 is 17.5 Å². The number of amides is 2. The number of aryl methyl sites for hydroxylation is 1. The highest BCUT2D eigenvalue weighted by Crippen LogP contribution is 2.24. The molecule has 2 amide bonds. The highest BCUT2D eigenvalue weighted by molar-refractivity contribution is 5.92. The average Bonchev–Trinajstić information content (AvgIpc) is 2.78. The molecule has 3 rings (SSSR count). The van der Waals surface area contributed by atoms with Crippen LogP contribution in [0.25, 0.3) is 0 Å². The lowest BCUT2D eigenvalue weighted by atomic mass is 10.1. The normalized spacial score (nSPS) is 14.6. The number of rotatable bonds is 8. The van der Waals surface area contributed by atoms with Gasteiger partial charge in [-0.3, -0.25) is 14.5 Å². The standard InChI is InChI=1S/C23H26F3N3O4/c1-32-19-7-2-17(3-8-19)4-11-22(31)29-14-12-28(13-15-29)16-21(30)27-18-5-9-20(10-6-18)33-23(24,25)26/h2-3,5-10H,4,11-16H2,1H3,(H,27,30). The second-order valence-electron chi connectivity index (χ2n) is 7.63. The summed E-state index contributed by atoms with van der Waals surface area (Å²) in [5.74, 6) is 0.223. The Morgan fingerprint density at radius 3 is 2.12 bits per heavy atom. The maximum Gasteiger partial charge on any atom is 0.573 e. The lowest BCUT2D eigenvalue weighted by Gasteiger charge is -2.34. The molecule has 1 fully saturated rings. The molecule has 0 spiro atoms. The maximum atomic E-state index is 12.5. The Morgan fingerprint density at radius 1 is 0.939 bits per heavy atom. The fourth-order valence-corrected chi connectivity index (χ4v) is 3.50. The molecular formula is C23H26F3N3O4. The molecule has 1 heterocycles. The minimum atomic E-state index is -4.76. The van der Waals surface area contributed by atoms with Gasteiger partial charge < -0.3 is 19.7 Å². The lowest BCUT2D eigenvalue weighted by Crippen LogP contribution is -2.50. The average molecular weight is 465 g/mol. The number of benzene rings is 2. The summed E-state index contributed by atoms with van der Waals surface area (Å²) in [5, 5.41) is 2.65. The van der Waals surface area contributed by atoms with Gasteiger partial charge in [0.2, 0.25) is 11.8 Å². The highest BCUT2D eigenvalue weighted by atomic mass is 19.4. The molecule has 0 radical (unpaired) electrons. The largest absolute Gasteiger partial charge is 0.573 e. The van der Waals surface area contributed by atoms with Crippen LogP contribution in [0.4, 0.5) is 18.9 Å². The van der Waals surface area contributed by atoms with E-state index < -0.39 is 6.36 Å². The van der Waals surface area contributed by atoms with E-state index in [1.165, 1.54) is 12.1 Å². The Kier molecular flexibility index (Phi) is 8.16. The Balaban J connectivity index is 1.37. The van der Waals surface area contributed by atoms with Crippen LogP contribution in [0.1, 0.15) is 12.0 Å². The van der Waals surface area contributed by atoms with E-state index in [0.29, 0.717) is 44.7 Å². The maximum absolute atomic E-state index is 12.5. The minimum Gasteiger partial charge on any atom is -0.497 e. The van der Waals surface area contributed by atoms with Crippen LogP contribution in [0, 0.1) is 0 Å². The number of methoxy groups -OCH3 is 1. The lowest BCUT2D eigenvalue weighted by molar-refractivity contribution is -0.274. The van der Waals surface area contributed by atoms with E-state index in [4.69, 9.17) is 4.74 Å². The van der Waals surface area contributed by atoms with Crippen molar-refractivity contribution in [1.82, 2.24) is 9.80 Å². The van der Waals surface area contributed by atoms with Crippen LogP contribution < -0.4 is 14.8 Å². The van der Waals surface area contributed by atoms with E-state index in [2.05, 4.69) is 10.1 Å². The number of hydrogen-bond donors (Lipinski definition) is 1. The molecule has 178 valence electrons. The van der Waals surface area contributed by atoms with Crippen molar-refractivity contribution in [2.24, 2.45) is 0 Å². The number of piperazine rings is 1. The number of anilines is 1.